The minimum atomic E-state index is 0.346. The molecule has 0 spiro atoms. The van der Waals surface area contributed by atoms with Crippen LogP contribution in [-0.2, 0) is 6.42 Å². The molecule has 4 nitrogen and oxygen atoms in total. The van der Waals surface area contributed by atoms with Crippen molar-refractivity contribution in [1.82, 2.24) is 15.0 Å². The van der Waals surface area contributed by atoms with Crippen LogP contribution < -0.4 is 5.73 Å². The van der Waals surface area contributed by atoms with E-state index in [0.717, 1.165) is 12.1 Å². The van der Waals surface area contributed by atoms with Crippen molar-refractivity contribution in [2.45, 2.75) is 45.1 Å². The van der Waals surface area contributed by atoms with Crippen LogP contribution in [0.5, 0.6) is 0 Å². The molecule has 1 aliphatic rings. The first-order valence-electron chi connectivity index (χ1n) is 5.38. The van der Waals surface area contributed by atoms with E-state index >= 15 is 0 Å². The van der Waals surface area contributed by atoms with Gasteiger partial charge in [0.2, 0.25) is 0 Å². The second-order valence-corrected chi connectivity index (χ2v) is 4.27. The number of nitrogens with two attached hydrogens (primary N) is 1. The van der Waals surface area contributed by atoms with Gasteiger partial charge < -0.3 is 5.73 Å². The van der Waals surface area contributed by atoms with E-state index in [-0.39, 0.29) is 0 Å². The Morgan fingerprint density at radius 2 is 2.29 bits per heavy atom. The second kappa shape index (κ2) is 3.69. The molecule has 0 bridgehead atoms. The lowest BCUT2D eigenvalue weighted by Crippen LogP contribution is -2.18. The molecular weight excluding hydrogens is 176 g/mol. The predicted molar refractivity (Wildman–Crippen MR) is 55.1 cm³/mol. The summed E-state index contributed by atoms with van der Waals surface area (Å²) in [5.41, 5.74) is 8.04. The molecular formula is C10H18N4. The summed E-state index contributed by atoms with van der Waals surface area (Å²) in [5.74, 6) is 0.436. The van der Waals surface area contributed by atoms with E-state index in [0.29, 0.717) is 18.5 Å². The van der Waals surface area contributed by atoms with Gasteiger partial charge in [-0.15, -0.1) is 0 Å². The minimum absolute atomic E-state index is 0.346. The molecule has 0 aliphatic heterocycles. The van der Waals surface area contributed by atoms with Gasteiger partial charge in [0.05, 0.1) is 17.4 Å². The van der Waals surface area contributed by atoms with Gasteiger partial charge in [-0.3, -0.25) is 0 Å². The summed E-state index contributed by atoms with van der Waals surface area (Å²) in [4.78, 5) is 1.82. The predicted octanol–water partition coefficient (Wildman–Crippen LogP) is 1.24. The van der Waals surface area contributed by atoms with E-state index in [2.05, 4.69) is 24.0 Å². The van der Waals surface area contributed by atoms with Crippen molar-refractivity contribution in [1.29, 1.82) is 0 Å². The van der Waals surface area contributed by atoms with Crippen LogP contribution in [-0.4, -0.2) is 21.5 Å². The van der Waals surface area contributed by atoms with Crippen molar-refractivity contribution in [2.75, 3.05) is 6.54 Å². The zero-order valence-electron chi connectivity index (χ0n) is 8.90. The molecule has 0 saturated carbocycles. The Balaban J connectivity index is 2.33. The molecule has 4 heteroatoms. The Kier molecular flexibility index (Phi) is 2.54. The van der Waals surface area contributed by atoms with Crippen molar-refractivity contribution in [3.8, 4) is 0 Å². The normalized spacial score (nSPS) is 21.3. The molecule has 0 radical (unpaired) electrons. The highest BCUT2D eigenvalue weighted by molar-refractivity contribution is 5.18. The van der Waals surface area contributed by atoms with Crippen molar-refractivity contribution in [3.63, 3.8) is 0 Å². The SMILES string of the molecule is CC(C)n1nc2c(n1)C(CN)CCC2. The van der Waals surface area contributed by atoms with E-state index in [1.165, 1.54) is 18.5 Å². The maximum atomic E-state index is 5.73. The van der Waals surface area contributed by atoms with Gasteiger partial charge in [-0.25, -0.2) is 0 Å². The van der Waals surface area contributed by atoms with Crippen LogP contribution in [0.4, 0.5) is 0 Å². The molecule has 1 aromatic rings. The summed E-state index contributed by atoms with van der Waals surface area (Å²) < 4.78 is 0. The number of aromatic nitrogens is 3. The van der Waals surface area contributed by atoms with Gasteiger partial charge in [-0.05, 0) is 33.1 Å². The number of fused-ring (bicyclic) bond motifs is 1. The zero-order chi connectivity index (χ0) is 10.1. The van der Waals surface area contributed by atoms with Gasteiger partial charge in [0.1, 0.15) is 0 Å². The first-order valence-corrected chi connectivity index (χ1v) is 5.38. The van der Waals surface area contributed by atoms with E-state index in [4.69, 9.17) is 5.73 Å². The Labute approximate surface area is 84.5 Å². The molecule has 0 saturated heterocycles. The van der Waals surface area contributed by atoms with Crippen molar-refractivity contribution < 1.29 is 0 Å². The average Bonchev–Trinajstić information content (AvgIpc) is 2.60. The molecule has 14 heavy (non-hydrogen) atoms. The lowest BCUT2D eigenvalue weighted by molar-refractivity contribution is 0.459. The summed E-state index contributed by atoms with van der Waals surface area (Å²) >= 11 is 0. The minimum Gasteiger partial charge on any atom is -0.330 e. The first kappa shape index (κ1) is 9.65. The summed E-state index contributed by atoms with van der Waals surface area (Å²) in [5, 5.41) is 9.03. The molecule has 0 aromatic carbocycles. The number of rotatable bonds is 2. The molecule has 1 aromatic heterocycles. The topological polar surface area (TPSA) is 56.7 Å². The number of aryl methyl sites for hydroxylation is 1. The number of hydrogen-bond donors (Lipinski definition) is 1. The lowest BCUT2D eigenvalue weighted by atomic mass is 9.90. The third-order valence-corrected chi connectivity index (χ3v) is 2.83. The van der Waals surface area contributed by atoms with Crippen LogP contribution in [0, 0.1) is 0 Å². The third-order valence-electron chi connectivity index (χ3n) is 2.83. The first-order chi connectivity index (χ1) is 6.72. The molecule has 1 atom stereocenters. The zero-order valence-corrected chi connectivity index (χ0v) is 8.90. The van der Waals surface area contributed by atoms with Crippen LogP contribution in [0.15, 0.2) is 0 Å². The highest BCUT2D eigenvalue weighted by atomic mass is 15.5. The maximum Gasteiger partial charge on any atom is 0.0902 e. The highest BCUT2D eigenvalue weighted by Crippen LogP contribution is 2.28. The fourth-order valence-electron chi connectivity index (χ4n) is 1.97. The van der Waals surface area contributed by atoms with Gasteiger partial charge in [0, 0.05) is 12.5 Å². The molecule has 2 N–H and O–H groups in total. The summed E-state index contributed by atoms with van der Waals surface area (Å²) in [7, 11) is 0. The Morgan fingerprint density at radius 1 is 1.50 bits per heavy atom. The van der Waals surface area contributed by atoms with Crippen molar-refractivity contribution in [3.05, 3.63) is 11.4 Å². The summed E-state index contributed by atoms with van der Waals surface area (Å²) in [6.07, 6.45) is 3.44. The van der Waals surface area contributed by atoms with Crippen LogP contribution in [0.2, 0.25) is 0 Å². The van der Waals surface area contributed by atoms with Crippen LogP contribution in [0.25, 0.3) is 0 Å². The average molecular weight is 194 g/mol. The summed E-state index contributed by atoms with van der Waals surface area (Å²) in [6, 6.07) is 0.346. The molecule has 0 fully saturated rings. The van der Waals surface area contributed by atoms with Crippen LogP contribution in [0.3, 0.4) is 0 Å². The molecule has 1 aliphatic carbocycles. The quantitative estimate of drug-likeness (QED) is 0.770. The lowest BCUT2D eigenvalue weighted by Gasteiger charge is -2.17. The highest BCUT2D eigenvalue weighted by Gasteiger charge is 2.24. The monoisotopic (exact) mass is 194 g/mol. The fourth-order valence-corrected chi connectivity index (χ4v) is 1.97. The summed E-state index contributed by atoms with van der Waals surface area (Å²) in [6.45, 7) is 4.90. The van der Waals surface area contributed by atoms with Crippen LogP contribution in [0.1, 0.15) is 50.0 Å². The number of nitrogens with zero attached hydrogens (tertiary/aromatic N) is 3. The smallest absolute Gasteiger partial charge is 0.0902 e. The molecule has 0 amide bonds. The molecule has 78 valence electrons. The van der Waals surface area contributed by atoms with Gasteiger partial charge in [0.15, 0.2) is 0 Å². The Hall–Kier alpha value is -0.900. The van der Waals surface area contributed by atoms with Gasteiger partial charge in [-0.1, -0.05) is 0 Å². The fraction of sp³-hybridized carbons (Fsp3) is 0.800. The third kappa shape index (κ3) is 1.54. The maximum absolute atomic E-state index is 5.73. The van der Waals surface area contributed by atoms with Gasteiger partial charge >= 0.3 is 0 Å². The van der Waals surface area contributed by atoms with E-state index < -0.39 is 0 Å². The second-order valence-electron chi connectivity index (χ2n) is 4.27. The number of hydrogen-bond acceptors (Lipinski definition) is 3. The van der Waals surface area contributed by atoms with Crippen molar-refractivity contribution >= 4 is 0 Å². The van der Waals surface area contributed by atoms with Gasteiger partial charge in [-0.2, -0.15) is 15.0 Å². The Bertz CT molecular complexity index is 316. The molecule has 1 unspecified atom stereocenters. The van der Waals surface area contributed by atoms with Crippen LogP contribution >= 0.6 is 0 Å². The van der Waals surface area contributed by atoms with Crippen molar-refractivity contribution in [2.24, 2.45) is 5.73 Å². The van der Waals surface area contributed by atoms with E-state index in [9.17, 15) is 0 Å². The largest absolute Gasteiger partial charge is 0.330 e. The van der Waals surface area contributed by atoms with E-state index in [1.807, 2.05) is 4.80 Å². The Morgan fingerprint density at radius 3 is 2.93 bits per heavy atom. The molecule has 2 rings (SSSR count). The van der Waals surface area contributed by atoms with E-state index in [1.54, 1.807) is 0 Å². The standard InChI is InChI=1S/C10H18N4/c1-7(2)14-12-9-5-3-4-8(6-11)10(9)13-14/h7-8H,3-6,11H2,1-2H3. The van der Waals surface area contributed by atoms with Gasteiger partial charge in [0.25, 0.3) is 0 Å². The molecule has 1 heterocycles.